The molecular formula is C13H17FN2OS. The van der Waals surface area contributed by atoms with E-state index >= 15 is 0 Å². The van der Waals surface area contributed by atoms with Gasteiger partial charge in [-0.25, -0.2) is 4.39 Å². The van der Waals surface area contributed by atoms with E-state index in [0.717, 1.165) is 13.0 Å². The molecule has 1 aliphatic rings. The number of nitrogens with two attached hydrogens (primary N) is 1. The van der Waals surface area contributed by atoms with Gasteiger partial charge in [0.15, 0.2) is 0 Å². The van der Waals surface area contributed by atoms with Gasteiger partial charge in [0, 0.05) is 36.2 Å². The highest BCUT2D eigenvalue weighted by Crippen LogP contribution is 2.22. The van der Waals surface area contributed by atoms with Crippen molar-refractivity contribution in [3.05, 3.63) is 30.1 Å². The van der Waals surface area contributed by atoms with E-state index in [1.807, 2.05) is 0 Å². The standard InChI is InChI=1S/C13H17FN2OS/c14-11-3-1-2-4-12(11)18-8-6-13(17)16-7-5-10(15)9-16/h1-4,10H,5-9,15H2/t10-/m1/s1. The van der Waals surface area contributed by atoms with Gasteiger partial charge in [-0.2, -0.15) is 0 Å². The molecule has 1 aromatic carbocycles. The van der Waals surface area contributed by atoms with Gasteiger partial charge in [-0.15, -0.1) is 11.8 Å². The van der Waals surface area contributed by atoms with Gasteiger partial charge in [-0.3, -0.25) is 4.79 Å². The second kappa shape index (κ2) is 6.20. The average Bonchev–Trinajstić information content (AvgIpc) is 2.78. The summed E-state index contributed by atoms with van der Waals surface area (Å²) in [5.74, 6) is 0.496. The third kappa shape index (κ3) is 3.46. The third-order valence-corrected chi connectivity index (χ3v) is 4.04. The molecular weight excluding hydrogens is 251 g/mol. The number of thioether (sulfide) groups is 1. The molecule has 2 N–H and O–H groups in total. The molecule has 2 rings (SSSR count). The number of halogens is 1. The molecule has 0 aliphatic carbocycles. The van der Waals surface area contributed by atoms with Gasteiger partial charge in [0.25, 0.3) is 0 Å². The Morgan fingerprint density at radius 1 is 1.50 bits per heavy atom. The van der Waals surface area contributed by atoms with Gasteiger partial charge in [0.1, 0.15) is 5.82 Å². The highest BCUT2D eigenvalue weighted by Gasteiger charge is 2.22. The minimum absolute atomic E-state index is 0.117. The molecule has 5 heteroatoms. The van der Waals surface area contributed by atoms with Crippen molar-refractivity contribution in [2.75, 3.05) is 18.8 Å². The van der Waals surface area contributed by atoms with Crippen molar-refractivity contribution in [2.24, 2.45) is 5.73 Å². The second-order valence-corrected chi connectivity index (χ2v) is 5.55. The smallest absolute Gasteiger partial charge is 0.223 e. The van der Waals surface area contributed by atoms with Gasteiger partial charge in [-0.05, 0) is 18.6 Å². The molecule has 1 amide bonds. The summed E-state index contributed by atoms with van der Waals surface area (Å²) in [5.41, 5.74) is 5.75. The Kier molecular flexibility index (Phi) is 4.60. The Morgan fingerprint density at radius 3 is 2.94 bits per heavy atom. The van der Waals surface area contributed by atoms with E-state index in [4.69, 9.17) is 5.73 Å². The topological polar surface area (TPSA) is 46.3 Å². The van der Waals surface area contributed by atoms with Crippen LogP contribution in [0.25, 0.3) is 0 Å². The molecule has 1 saturated heterocycles. The zero-order valence-corrected chi connectivity index (χ0v) is 11.0. The second-order valence-electron chi connectivity index (χ2n) is 4.42. The highest BCUT2D eigenvalue weighted by atomic mass is 32.2. The van der Waals surface area contributed by atoms with Gasteiger partial charge in [0.05, 0.1) is 0 Å². The quantitative estimate of drug-likeness (QED) is 0.848. The summed E-state index contributed by atoms with van der Waals surface area (Å²) in [4.78, 5) is 14.2. The summed E-state index contributed by atoms with van der Waals surface area (Å²) in [6, 6.07) is 6.75. The van der Waals surface area contributed by atoms with Crippen molar-refractivity contribution in [1.29, 1.82) is 0 Å². The van der Waals surface area contributed by atoms with E-state index < -0.39 is 0 Å². The number of rotatable bonds is 4. The van der Waals surface area contributed by atoms with E-state index in [0.29, 0.717) is 23.6 Å². The van der Waals surface area contributed by atoms with Crippen LogP contribution in [0.15, 0.2) is 29.2 Å². The van der Waals surface area contributed by atoms with Crippen LogP contribution in [-0.4, -0.2) is 35.7 Å². The van der Waals surface area contributed by atoms with E-state index in [1.165, 1.54) is 17.8 Å². The first-order valence-corrected chi connectivity index (χ1v) is 7.06. The summed E-state index contributed by atoms with van der Waals surface area (Å²) < 4.78 is 13.3. The Morgan fingerprint density at radius 2 is 2.28 bits per heavy atom. The average molecular weight is 268 g/mol. The van der Waals surface area contributed by atoms with Crippen molar-refractivity contribution in [3.8, 4) is 0 Å². The largest absolute Gasteiger partial charge is 0.341 e. The molecule has 1 aromatic rings. The van der Waals surface area contributed by atoms with Gasteiger partial charge in [-0.1, -0.05) is 12.1 Å². The van der Waals surface area contributed by atoms with E-state index in [-0.39, 0.29) is 17.8 Å². The summed E-state index contributed by atoms with van der Waals surface area (Å²) in [5, 5.41) is 0. The molecule has 1 heterocycles. The number of nitrogens with zero attached hydrogens (tertiary/aromatic N) is 1. The summed E-state index contributed by atoms with van der Waals surface area (Å²) in [6.45, 7) is 1.41. The van der Waals surface area contributed by atoms with Crippen LogP contribution in [0.4, 0.5) is 4.39 Å². The van der Waals surface area contributed by atoms with Gasteiger partial charge < -0.3 is 10.6 Å². The number of likely N-dealkylation sites (tertiary alicyclic amines) is 1. The monoisotopic (exact) mass is 268 g/mol. The van der Waals surface area contributed by atoms with E-state index in [1.54, 1.807) is 23.1 Å². The Bertz CT molecular complexity index is 427. The number of benzene rings is 1. The third-order valence-electron chi connectivity index (χ3n) is 2.99. The van der Waals surface area contributed by atoms with Crippen LogP contribution >= 0.6 is 11.8 Å². The van der Waals surface area contributed by atoms with Crippen molar-refractivity contribution in [2.45, 2.75) is 23.8 Å². The first kappa shape index (κ1) is 13.4. The van der Waals surface area contributed by atoms with Crippen LogP contribution in [-0.2, 0) is 4.79 Å². The number of amides is 1. The molecule has 0 radical (unpaired) electrons. The zero-order valence-electron chi connectivity index (χ0n) is 10.1. The molecule has 0 unspecified atom stereocenters. The SMILES string of the molecule is N[C@@H]1CCN(C(=O)CCSc2ccccc2F)C1. The van der Waals surface area contributed by atoms with Crippen LogP contribution in [0.5, 0.6) is 0 Å². The highest BCUT2D eigenvalue weighted by molar-refractivity contribution is 7.99. The van der Waals surface area contributed by atoms with Crippen molar-refractivity contribution in [1.82, 2.24) is 4.90 Å². The Labute approximate surface area is 111 Å². The predicted molar refractivity (Wildman–Crippen MR) is 70.9 cm³/mol. The normalized spacial score (nSPS) is 19.2. The Hall–Kier alpha value is -1.07. The summed E-state index contributed by atoms with van der Waals surface area (Å²) in [6.07, 6.45) is 1.32. The molecule has 0 spiro atoms. The maximum absolute atomic E-state index is 13.3. The first-order valence-electron chi connectivity index (χ1n) is 6.07. The van der Waals surface area contributed by atoms with Crippen LogP contribution < -0.4 is 5.73 Å². The minimum atomic E-state index is -0.224. The number of hydrogen-bond donors (Lipinski definition) is 1. The molecule has 18 heavy (non-hydrogen) atoms. The molecule has 1 aliphatic heterocycles. The van der Waals surface area contributed by atoms with Crippen molar-refractivity contribution in [3.63, 3.8) is 0 Å². The van der Waals surface area contributed by atoms with Crippen LogP contribution in [0.3, 0.4) is 0 Å². The Balaban J connectivity index is 1.75. The summed E-state index contributed by atoms with van der Waals surface area (Å²) in [7, 11) is 0. The van der Waals surface area contributed by atoms with E-state index in [2.05, 4.69) is 0 Å². The number of hydrogen-bond acceptors (Lipinski definition) is 3. The lowest BCUT2D eigenvalue weighted by Crippen LogP contribution is -2.32. The fourth-order valence-electron chi connectivity index (χ4n) is 1.98. The molecule has 98 valence electrons. The molecule has 1 fully saturated rings. The van der Waals surface area contributed by atoms with Crippen LogP contribution in [0, 0.1) is 5.82 Å². The zero-order chi connectivity index (χ0) is 13.0. The molecule has 0 aromatic heterocycles. The molecule has 3 nitrogen and oxygen atoms in total. The fraction of sp³-hybridized carbons (Fsp3) is 0.462. The van der Waals surface area contributed by atoms with Crippen LogP contribution in [0.1, 0.15) is 12.8 Å². The molecule has 0 saturated carbocycles. The van der Waals surface area contributed by atoms with Gasteiger partial charge in [0.2, 0.25) is 5.91 Å². The predicted octanol–water partition coefficient (Wildman–Crippen LogP) is 1.87. The lowest BCUT2D eigenvalue weighted by molar-refractivity contribution is -0.129. The van der Waals surface area contributed by atoms with Crippen molar-refractivity contribution < 1.29 is 9.18 Å². The number of carbonyl (C=O) groups is 1. The van der Waals surface area contributed by atoms with Crippen molar-refractivity contribution >= 4 is 17.7 Å². The lowest BCUT2D eigenvalue weighted by atomic mass is 10.3. The number of carbonyl (C=O) groups excluding carboxylic acids is 1. The summed E-state index contributed by atoms with van der Waals surface area (Å²) >= 11 is 1.38. The maximum Gasteiger partial charge on any atom is 0.223 e. The molecule has 0 bridgehead atoms. The fourth-order valence-corrected chi connectivity index (χ4v) is 2.86. The maximum atomic E-state index is 13.3. The minimum Gasteiger partial charge on any atom is -0.341 e. The molecule has 1 atom stereocenters. The first-order chi connectivity index (χ1) is 8.66. The lowest BCUT2D eigenvalue weighted by Gasteiger charge is -2.15. The van der Waals surface area contributed by atoms with Gasteiger partial charge >= 0.3 is 0 Å². The van der Waals surface area contributed by atoms with E-state index in [9.17, 15) is 9.18 Å². The van der Waals surface area contributed by atoms with Crippen LogP contribution in [0.2, 0.25) is 0 Å².